The molecule has 0 aromatic heterocycles. The van der Waals surface area contributed by atoms with E-state index in [2.05, 4.69) is 10.2 Å². The van der Waals surface area contributed by atoms with Gasteiger partial charge in [-0.1, -0.05) is 0 Å². The van der Waals surface area contributed by atoms with Crippen molar-refractivity contribution < 1.29 is 9.90 Å². The highest BCUT2D eigenvalue weighted by Crippen LogP contribution is 2.03. The molecule has 1 aliphatic heterocycles. The lowest BCUT2D eigenvalue weighted by atomic mass is 10.3. The van der Waals surface area contributed by atoms with Gasteiger partial charge in [0.1, 0.15) is 0 Å². The van der Waals surface area contributed by atoms with Gasteiger partial charge < -0.3 is 15.3 Å². The second-order valence-electron chi connectivity index (χ2n) is 4.74. The van der Waals surface area contributed by atoms with Gasteiger partial charge in [0.2, 0.25) is 0 Å². The molecule has 0 aliphatic carbocycles. The van der Waals surface area contributed by atoms with Gasteiger partial charge in [0.05, 0.1) is 6.10 Å². The Hall–Kier alpha value is -0.810. The molecule has 0 aromatic carbocycles. The molecule has 5 nitrogen and oxygen atoms in total. The van der Waals surface area contributed by atoms with Crippen molar-refractivity contribution in [2.45, 2.75) is 32.9 Å². The van der Waals surface area contributed by atoms with Gasteiger partial charge in [-0.15, -0.1) is 0 Å². The largest absolute Gasteiger partial charge is 0.392 e. The normalized spacial score (nSPS) is 19.9. The van der Waals surface area contributed by atoms with Crippen molar-refractivity contribution in [3.8, 4) is 0 Å². The zero-order chi connectivity index (χ0) is 12.1. The van der Waals surface area contributed by atoms with Gasteiger partial charge in [0.15, 0.2) is 0 Å². The highest BCUT2D eigenvalue weighted by atomic mass is 16.3. The van der Waals surface area contributed by atoms with Crippen LogP contribution in [-0.2, 0) is 0 Å². The Morgan fingerprint density at radius 3 is 2.25 bits per heavy atom. The molecule has 5 heteroatoms. The molecule has 1 rings (SSSR count). The molecule has 0 saturated carbocycles. The Morgan fingerprint density at radius 2 is 1.81 bits per heavy atom. The molecule has 0 radical (unpaired) electrons. The van der Waals surface area contributed by atoms with Gasteiger partial charge in [-0.05, 0) is 20.8 Å². The number of aliphatic hydroxyl groups excluding tert-OH is 1. The molecule has 0 bridgehead atoms. The summed E-state index contributed by atoms with van der Waals surface area (Å²) in [4.78, 5) is 15.7. The van der Waals surface area contributed by atoms with Crippen LogP contribution in [0, 0.1) is 0 Å². The summed E-state index contributed by atoms with van der Waals surface area (Å²) in [6.07, 6.45) is -0.295. The SMILES string of the molecule is CC(C)NC(=O)N1CCN(C[C@H](C)O)CC1. The Kier molecular flexibility index (Phi) is 5.02. The van der Waals surface area contributed by atoms with E-state index in [0.717, 1.165) is 26.2 Å². The van der Waals surface area contributed by atoms with E-state index in [0.29, 0.717) is 6.54 Å². The van der Waals surface area contributed by atoms with E-state index >= 15 is 0 Å². The molecule has 1 heterocycles. The van der Waals surface area contributed by atoms with E-state index in [4.69, 9.17) is 0 Å². The number of nitrogens with one attached hydrogen (secondary N) is 1. The predicted octanol–water partition coefficient (Wildman–Crippen LogP) is 0.103. The standard InChI is InChI=1S/C11H23N3O2/c1-9(2)12-11(16)14-6-4-13(5-7-14)8-10(3)15/h9-10,15H,4-8H2,1-3H3,(H,12,16)/t10-/m0/s1. The molecule has 0 spiro atoms. The highest BCUT2D eigenvalue weighted by Gasteiger charge is 2.21. The van der Waals surface area contributed by atoms with Crippen molar-refractivity contribution in [3.63, 3.8) is 0 Å². The Labute approximate surface area is 97.4 Å². The van der Waals surface area contributed by atoms with Crippen LogP contribution in [0.5, 0.6) is 0 Å². The van der Waals surface area contributed by atoms with Gasteiger partial charge in [-0.3, -0.25) is 4.90 Å². The third-order valence-corrected chi connectivity index (χ3v) is 2.59. The van der Waals surface area contributed by atoms with Crippen LogP contribution >= 0.6 is 0 Å². The van der Waals surface area contributed by atoms with Gasteiger partial charge >= 0.3 is 6.03 Å². The lowest BCUT2D eigenvalue weighted by Gasteiger charge is -2.35. The number of hydrogen-bond donors (Lipinski definition) is 2. The first-order valence-corrected chi connectivity index (χ1v) is 5.95. The minimum Gasteiger partial charge on any atom is -0.392 e. The quantitative estimate of drug-likeness (QED) is 0.722. The zero-order valence-electron chi connectivity index (χ0n) is 10.4. The van der Waals surface area contributed by atoms with Crippen molar-refractivity contribution in [2.75, 3.05) is 32.7 Å². The fraction of sp³-hybridized carbons (Fsp3) is 0.909. The maximum atomic E-state index is 11.7. The number of urea groups is 1. The average molecular weight is 229 g/mol. The molecule has 94 valence electrons. The Balaban J connectivity index is 2.28. The van der Waals surface area contributed by atoms with Crippen molar-refractivity contribution in [2.24, 2.45) is 0 Å². The molecule has 1 fully saturated rings. The van der Waals surface area contributed by atoms with Gasteiger partial charge in [0.25, 0.3) is 0 Å². The van der Waals surface area contributed by atoms with Crippen LogP contribution in [0.1, 0.15) is 20.8 Å². The molecule has 2 N–H and O–H groups in total. The van der Waals surface area contributed by atoms with Crippen LogP contribution in [0.15, 0.2) is 0 Å². The molecule has 1 saturated heterocycles. The van der Waals surface area contributed by atoms with Gasteiger partial charge in [-0.2, -0.15) is 0 Å². The van der Waals surface area contributed by atoms with Crippen molar-refractivity contribution in [1.29, 1.82) is 0 Å². The van der Waals surface area contributed by atoms with Crippen molar-refractivity contribution in [3.05, 3.63) is 0 Å². The first-order chi connectivity index (χ1) is 7.49. The second-order valence-corrected chi connectivity index (χ2v) is 4.74. The highest BCUT2D eigenvalue weighted by molar-refractivity contribution is 5.74. The van der Waals surface area contributed by atoms with Crippen molar-refractivity contribution in [1.82, 2.24) is 15.1 Å². The molecule has 0 unspecified atom stereocenters. The molecule has 1 aliphatic rings. The van der Waals surface area contributed by atoms with Gasteiger partial charge in [-0.25, -0.2) is 4.79 Å². The summed E-state index contributed by atoms with van der Waals surface area (Å²) in [5, 5.41) is 12.2. The van der Waals surface area contributed by atoms with E-state index in [1.165, 1.54) is 0 Å². The number of nitrogens with zero attached hydrogens (tertiary/aromatic N) is 2. The molecule has 0 aromatic rings. The summed E-state index contributed by atoms with van der Waals surface area (Å²) in [6, 6.07) is 0.203. The number of piperazine rings is 1. The number of carbonyl (C=O) groups is 1. The average Bonchev–Trinajstić information content (AvgIpc) is 2.16. The van der Waals surface area contributed by atoms with Crippen molar-refractivity contribution >= 4 is 6.03 Å². The molecular formula is C11H23N3O2. The molecule has 1 atom stereocenters. The third-order valence-electron chi connectivity index (χ3n) is 2.59. The number of hydrogen-bond acceptors (Lipinski definition) is 3. The van der Waals surface area contributed by atoms with E-state index in [-0.39, 0.29) is 18.2 Å². The predicted molar refractivity (Wildman–Crippen MR) is 63.4 cm³/mol. The fourth-order valence-electron chi connectivity index (χ4n) is 1.85. The third kappa shape index (κ3) is 4.37. The minimum absolute atomic E-state index is 0.0201. The summed E-state index contributed by atoms with van der Waals surface area (Å²) < 4.78 is 0. The number of aliphatic hydroxyl groups is 1. The molecule has 2 amide bonds. The van der Waals surface area contributed by atoms with E-state index in [9.17, 15) is 9.90 Å². The number of carbonyl (C=O) groups excluding carboxylic acids is 1. The minimum atomic E-state index is -0.295. The number of β-amino-alcohol motifs (C(OH)–C–C–N with tert-alkyl or cyclic N) is 1. The lowest BCUT2D eigenvalue weighted by Crippen LogP contribution is -2.53. The second kappa shape index (κ2) is 6.06. The van der Waals surface area contributed by atoms with Crippen LogP contribution in [0.2, 0.25) is 0 Å². The van der Waals surface area contributed by atoms with Crippen LogP contribution in [0.3, 0.4) is 0 Å². The number of rotatable bonds is 3. The maximum absolute atomic E-state index is 11.7. The first-order valence-electron chi connectivity index (χ1n) is 5.95. The van der Waals surface area contributed by atoms with Crippen LogP contribution in [0.4, 0.5) is 4.79 Å². The monoisotopic (exact) mass is 229 g/mol. The Morgan fingerprint density at radius 1 is 1.25 bits per heavy atom. The summed E-state index contributed by atoms with van der Waals surface area (Å²) in [6.45, 7) is 9.57. The smallest absolute Gasteiger partial charge is 0.317 e. The molecule has 16 heavy (non-hydrogen) atoms. The van der Waals surface area contributed by atoms with Crippen LogP contribution in [-0.4, -0.2) is 65.8 Å². The van der Waals surface area contributed by atoms with Gasteiger partial charge in [0, 0.05) is 38.8 Å². The molecular weight excluding hydrogens is 206 g/mol. The Bertz CT molecular complexity index is 223. The van der Waals surface area contributed by atoms with Crippen LogP contribution < -0.4 is 5.32 Å². The maximum Gasteiger partial charge on any atom is 0.317 e. The lowest BCUT2D eigenvalue weighted by molar-refractivity contribution is 0.0894. The summed E-state index contributed by atoms with van der Waals surface area (Å²) >= 11 is 0. The van der Waals surface area contributed by atoms with Crippen LogP contribution in [0.25, 0.3) is 0 Å². The summed E-state index contributed by atoms with van der Waals surface area (Å²) in [5.74, 6) is 0. The summed E-state index contributed by atoms with van der Waals surface area (Å²) in [7, 11) is 0. The van der Waals surface area contributed by atoms with E-state index in [1.54, 1.807) is 6.92 Å². The first kappa shape index (κ1) is 13.3. The fourth-order valence-corrected chi connectivity index (χ4v) is 1.85. The van der Waals surface area contributed by atoms with E-state index < -0.39 is 0 Å². The number of amides is 2. The zero-order valence-corrected chi connectivity index (χ0v) is 10.4. The van der Waals surface area contributed by atoms with E-state index in [1.807, 2.05) is 18.7 Å². The summed E-state index contributed by atoms with van der Waals surface area (Å²) in [5.41, 5.74) is 0. The topological polar surface area (TPSA) is 55.8 Å².